The molecule has 0 radical (unpaired) electrons. The van der Waals surface area contributed by atoms with Crippen molar-refractivity contribution in [3.05, 3.63) is 53.6 Å². The van der Waals surface area contributed by atoms with E-state index in [9.17, 15) is 40.2 Å². The highest BCUT2D eigenvalue weighted by Crippen LogP contribution is 2.35. The Bertz CT molecular complexity index is 987. The van der Waals surface area contributed by atoms with Crippen LogP contribution in [0.2, 0.25) is 0 Å². The lowest BCUT2D eigenvalue weighted by Crippen LogP contribution is -2.59. The van der Waals surface area contributed by atoms with Crippen molar-refractivity contribution >= 4 is 11.9 Å². The van der Waals surface area contributed by atoms with Crippen LogP contribution in [0, 0.1) is 0 Å². The van der Waals surface area contributed by atoms with Gasteiger partial charge in [-0.2, -0.15) is 0 Å². The molecule has 0 saturated carbocycles. The van der Waals surface area contributed by atoms with Crippen LogP contribution in [0.15, 0.2) is 42.5 Å². The fraction of sp³-hybridized carbons (Fsp3) is 0.364. The van der Waals surface area contributed by atoms with E-state index in [1.807, 2.05) is 0 Å². The standard InChI is InChI=1S/C22H24O12/c1-31-21(30)19(10-5-3-2-4-6-10)34-22-18(28)17(27)16(26)14(33-22)9-32-20(29)11-7-12(23)15(25)13(24)8-11/h2-8,14,16-19,22-28H,9H2,1H3/t14-,16-,17+,18-,19-,22+/m1/s1. The topological polar surface area (TPSA) is 192 Å². The number of aromatic hydroxyl groups is 3. The quantitative estimate of drug-likeness (QED) is 0.224. The number of phenolic OH excluding ortho intramolecular Hbond substituents is 3. The van der Waals surface area contributed by atoms with E-state index in [1.165, 1.54) is 0 Å². The van der Waals surface area contributed by atoms with Gasteiger partial charge >= 0.3 is 11.9 Å². The van der Waals surface area contributed by atoms with E-state index in [4.69, 9.17) is 18.9 Å². The number of methoxy groups -OCH3 is 1. The molecule has 34 heavy (non-hydrogen) atoms. The summed E-state index contributed by atoms with van der Waals surface area (Å²) in [5, 5.41) is 59.3. The highest BCUT2D eigenvalue weighted by molar-refractivity contribution is 5.91. The van der Waals surface area contributed by atoms with E-state index in [1.54, 1.807) is 30.3 Å². The number of carbonyl (C=O) groups is 2. The number of phenols is 3. The van der Waals surface area contributed by atoms with E-state index in [-0.39, 0.29) is 5.56 Å². The normalized spacial score (nSPS) is 25.4. The molecule has 2 aromatic carbocycles. The van der Waals surface area contributed by atoms with Gasteiger partial charge in [-0.1, -0.05) is 30.3 Å². The molecule has 6 atom stereocenters. The van der Waals surface area contributed by atoms with Crippen LogP contribution in [0.4, 0.5) is 0 Å². The molecule has 12 heteroatoms. The number of carbonyl (C=O) groups excluding carboxylic acids is 2. The molecule has 12 nitrogen and oxygen atoms in total. The molecule has 0 aliphatic carbocycles. The molecule has 0 amide bonds. The Morgan fingerprint density at radius 1 is 0.971 bits per heavy atom. The average Bonchev–Trinajstić information content (AvgIpc) is 2.84. The third-order valence-electron chi connectivity index (χ3n) is 5.14. The molecule has 1 aliphatic heterocycles. The van der Waals surface area contributed by atoms with Gasteiger partial charge in [0, 0.05) is 0 Å². The van der Waals surface area contributed by atoms with Gasteiger partial charge in [0.1, 0.15) is 31.0 Å². The van der Waals surface area contributed by atoms with Gasteiger partial charge in [0.15, 0.2) is 29.6 Å². The minimum Gasteiger partial charge on any atom is -0.504 e. The molecular weight excluding hydrogens is 456 g/mol. The number of rotatable bonds is 7. The third kappa shape index (κ3) is 5.38. The summed E-state index contributed by atoms with van der Waals surface area (Å²) in [6.07, 6.45) is -9.58. The lowest BCUT2D eigenvalue weighted by molar-refractivity contribution is -0.311. The molecule has 6 N–H and O–H groups in total. The summed E-state index contributed by atoms with van der Waals surface area (Å²) in [6, 6.07) is 9.84. The summed E-state index contributed by atoms with van der Waals surface area (Å²) in [7, 11) is 1.14. The van der Waals surface area contributed by atoms with Gasteiger partial charge in [-0.05, 0) is 17.7 Å². The first-order chi connectivity index (χ1) is 16.1. The maximum Gasteiger partial charge on any atom is 0.339 e. The van der Waals surface area contributed by atoms with Gasteiger partial charge < -0.3 is 49.6 Å². The minimum absolute atomic E-state index is 0.318. The van der Waals surface area contributed by atoms with Crippen molar-refractivity contribution in [1.29, 1.82) is 0 Å². The molecule has 0 unspecified atom stereocenters. The molecule has 3 rings (SSSR count). The van der Waals surface area contributed by atoms with E-state index >= 15 is 0 Å². The van der Waals surface area contributed by atoms with Crippen LogP contribution in [0.3, 0.4) is 0 Å². The SMILES string of the molecule is COC(=O)[C@H](O[C@@H]1O[C@H](COC(=O)c2cc(O)c(O)c(O)c2)[C@@H](O)[C@H](O)[C@H]1O)c1ccccc1. The Morgan fingerprint density at radius 3 is 2.18 bits per heavy atom. The number of ether oxygens (including phenoxy) is 4. The Labute approximate surface area is 193 Å². The number of aliphatic hydroxyl groups excluding tert-OH is 3. The van der Waals surface area contributed by atoms with Crippen LogP contribution in [-0.4, -0.2) is 87.0 Å². The number of aliphatic hydroxyl groups is 3. The maximum atomic E-state index is 12.3. The number of hydrogen-bond acceptors (Lipinski definition) is 12. The maximum absolute atomic E-state index is 12.3. The largest absolute Gasteiger partial charge is 0.504 e. The van der Waals surface area contributed by atoms with Crippen molar-refractivity contribution in [3.63, 3.8) is 0 Å². The van der Waals surface area contributed by atoms with E-state index in [0.717, 1.165) is 19.2 Å². The smallest absolute Gasteiger partial charge is 0.339 e. The summed E-state index contributed by atoms with van der Waals surface area (Å²) in [5.41, 5.74) is 0.0574. The summed E-state index contributed by atoms with van der Waals surface area (Å²) in [6.45, 7) is -0.639. The van der Waals surface area contributed by atoms with Gasteiger partial charge in [-0.25, -0.2) is 9.59 Å². The number of hydrogen-bond donors (Lipinski definition) is 6. The fourth-order valence-corrected chi connectivity index (χ4v) is 3.27. The highest BCUT2D eigenvalue weighted by Gasteiger charge is 2.46. The van der Waals surface area contributed by atoms with Crippen molar-refractivity contribution in [3.8, 4) is 17.2 Å². The van der Waals surface area contributed by atoms with Crippen LogP contribution in [0.1, 0.15) is 22.0 Å². The van der Waals surface area contributed by atoms with E-state index < -0.39 is 72.6 Å². The van der Waals surface area contributed by atoms with Gasteiger partial charge in [-0.15, -0.1) is 0 Å². The van der Waals surface area contributed by atoms with Crippen LogP contribution < -0.4 is 0 Å². The third-order valence-corrected chi connectivity index (χ3v) is 5.14. The van der Waals surface area contributed by atoms with Crippen molar-refractivity contribution in [2.75, 3.05) is 13.7 Å². The van der Waals surface area contributed by atoms with E-state index in [2.05, 4.69) is 0 Å². The Hall–Kier alpha value is -3.42. The van der Waals surface area contributed by atoms with Crippen molar-refractivity contribution in [1.82, 2.24) is 0 Å². The molecule has 184 valence electrons. The molecule has 2 aromatic rings. The molecule has 0 spiro atoms. The predicted octanol–water partition coefficient (Wildman–Crippen LogP) is -0.301. The molecule has 1 aliphatic rings. The Balaban J connectivity index is 1.73. The zero-order chi connectivity index (χ0) is 25.0. The molecule has 1 heterocycles. The highest BCUT2D eigenvalue weighted by atomic mass is 16.7. The van der Waals surface area contributed by atoms with Crippen molar-refractivity contribution < 1.29 is 59.2 Å². The second-order valence-electron chi connectivity index (χ2n) is 7.43. The monoisotopic (exact) mass is 480 g/mol. The van der Waals surface area contributed by atoms with Crippen LogP contribution in [0.25, 0.3) is 0 Å². The van der Waals surface area contributed by atoms with Crippen molar-refractivity contribution in [2.24, 2.45) is 0 Å². The minimum atomic E-state index is -1.78. The first-order valence-electron chi connectivity index (χ1n) is 10.0. The number of esters is 2. The zero-order valence-electron chi connectivity index (χ0n) is 17.8. The predicted molar refractivity (Wildman–Crippen MR) is 111 cm³/mol. The Morgan fingerprint density at radius 2 is 1.59 bits per heavy atom. The average molecular weight is 480 g/mol. The summed E-state index contributed by atoms with van der Waals surface area (Å²) in [5.74, 6) is -4.21. The summed E-state index contributed by atoms with van der Waals surface area (Å²) < 4.78 is 20.8. The molecule has 1 saturated heterocycles. The lowest BCUT2D eigenvalue weighted by atomic mass is 9.99. The van der Waals surface area contributed by atoms with Crippen LogP contribution >= 0.6 is 0 Å². The van der Waals surface area contributed by atoms with Gasteiger partial charge in [0.05, 0.1) is 12.7 Å². The molecule has 0 bridgehead atoms. The van der Waals surface area contributed by atoms with Crippen LogP contribution in [0.5, 0.6) is 17.2 Å². The summed E-state index contributed by atoms with van der Waals surface area (Å²) >= 11 is 0. The van der Waals surface area contributed by atoms with Crippen molar-refractivity contribution in [2.45, 2.75) is 36.8 Å². The van der Waals surface area contributed by atoms with E-state index in [0.29, 0.717) is 5.56 Å². The zero-order valence-corrected chi connectivity index (χ0v) is 17.8. The molecular formula is C22H24O12. The number of benzene rings is 2. The fourth-order valence-electron chi connectivity index (χ4n) is 3.27. The second kappa shape index (κ2) is 10.7. The van der Waals surface area contributed by atoms with Gasteiger partial charge in [-0.3, -0.25) is 0 Å². The first-order valence-corrected chi connectivity index (χ1v) is 10.0. The van der Waals surface area contributed by atoms with Gasteiger partial charge in [0.2, 0.25) is 0 Å². The Kier molecular flexibility index (Phi) is 7.91. The molecule has 0 aromatic heterocycles. The van der Waals surface area contributed by atoms with Gasteiger partial charge in [0.25, 0.3) is 0 Å². The first kappa shape index (κ1) is 25.2. The lowest BCUT2D eigenvalue weighted by Gasteiger charge is -2.40. The second-order valence-corrected chi connectivity index (χ2v) is 7.43. The summed E-state index contributed by atoms with van der Waals surface area (Å²) in [4.78, 5) is 24.5. The van der Waals surface area contributed by atoms with Crippen LogP contribution in [-0.2, 0) is 23.7 Å². The molecule has 1 fully saturated rings.